The van der Waals surface area contributed by atoms with Gasteiger partial charge in [-0.3, -0.25) is 4.79 Å². The molecule has 3 aliphatic rings. The lowest BCUT2D eigenvalue weighted by Gasteiger charge is -2.21. The van der Waals surface area contributed by atoms with Crippen LogP contribution in [0.25, 0.3) is 0 Å². The summed E-state index contributed by atoms with van der Waals surface area (Å²) in [6.07, 6.45) is 6.38. The second-order valence-electron chi connectivity index (χ2n) is 7.37. The third kappa shape index (κ3) is 2.57. The summed E-state index contributed by atoms with van der Waals surface area (Å²) >= 11 is 0. The molecule has 3 heteroatoms. The molecule has 3 fully saturated rings. The van der Waals surface area contributed by atoms with Crippen LogP contribution in [0, 0.1) is 23.7 Å². The molecule has 1 aromatic rings. The lowest BCUT2D eigenvalue weighted by Crippen LogP contribution is -2.25. The van der Waals surface area contributed by atoms with Crippen molar-refractivity contribution >= 4 is 11.6 Å². The Morgan fingerprint density at radius 2 is 1.91 bits per heavy atom. The van der Waals surface area contributed by atoms with Gasteiger partial charge in [-0.2, -0.15) is 5.10 Å². The first-order chi connectivity index (χ1) is 10.7. The first-order valence-electron chi connectivity index (χ1n) is 8.61. The summed E-state index contributed by atoms with van der Waals surface area (Å²) in [6.45, 7) is 2.09. The molecule has 2 bridgehead atoms. The lowest BCUT2D eigenvalue weighted by atomic mass is 9.86. The Morgan fingerprint density at radius 1 is 1.09 bits per heavy atom. The monoisotopic (exact) mass is 296 g/mol. The molecule has 0 saturated heterocycles. The fraction of sp³-hybridized carbons (Fsp3) is 0.579. The van der Waals surface area contributed by atoms with E-state index in [9.17, 15) is 4.79 Å². The highest BCUT2D eigenvalue weighted by Crippen LogP contribution is 2.49. The highest BCUT2D eigenvalue weighted by molar-refractivity contribution is 5.88. The van der Waals surface area contributed by atoms with Crippen LogP contribution in [0.2, 0.25) is 0 Å². The standard InChI is InChI=1S/C19H24N2O/c1-12(16-10-13-7-8-15(16)9-13)20-21-19(22)18-11-17(18)14-5-3-2-4-6-14/h2-6,13,15-18H,7-11H2,1H3,(H,21,22). The molecule has 0 spiro atoms. The van der Waals surface area contributed by atoms with E-state index in [-0.39, 0.29) is 11.8 Å². The SMILES string of the molecule is CC(=NNC(=O)C1CC1c1ccccc1)C1CC2CCC1C2. The second-order valence-corrected chi connectivity index (χ2v) is 7.37. The highest BCUT2D eigenvalue weighted by atomic mass is 16.2. The van der Waals surface area contributed by atoms with E-state index < -0.39 is 0 Å². The van der Waals surface area contributed by atoms with Crippen molar-refractivity contribution in [3.05, 3.63) is 35.9 Å². The Hall–Kier alpha value is -1.64. The summed E-state index contributed by atoms with van der Waals surface area (Å²) in [5, 5.41) is 4.43. The predicted octanol–water partition coefficient (Wildman–Crippen LogP) is 3.72. The third-order valence-corrected chi connectivity index (χ3v) is 5.97. The summed E-state index contributed by atoms with van der Waals surface area (Å²) in [5.41, 5.74) is 5.24. The van der Waals surface area contributed by atoms with E-state index in [0.717, 1.165) is 24.0 Å². The number of hydrogen-bond acceptors (Lipinski definition) is 2. The minimum atomic E-state index is 0.0939. The molecule has 116 valence electrons. The normalized spacial score (nSPS) is 36.4. The maximum absolute atomic E-state index is 12.3. The van der Waals surface area contributed by atoms with Crippen LogP contribution < -0.4 is 5.43 Å². The molecule has 22 heavy (non-hydrogen) atoms. The Labute approximate surface area is 132 Å². The van der Waals surface area contributed by atoms with Crippen molar-refractivity contribution in [2.24, 2.45) is 28.8 Å². The van der Waals surface area contributed by atoms with Gasteiger partial charge in [0.15, 0.2) is 0 Å². The predicted molar refractivity (Wildman–Crippen MR) is 87.5 cm³/mol. The van der Waals surface area contributed by atoms with E-state index in [1.54, 1.807) is 0 Å². The van der Waals surface area contributed by atoms with Gasteiger partial charge in [0, 0.05) is 17.5 Å². The molecule has 4 rings (SSSR count). The molecule has 3 aliphatic carbocycles. The van der Waals surface area contributed by atoms with Crippen molar-refractivity contribution < 1.29 is 4.79 Å². The van der Waals surface area contributed by atoms with Gasteiger partial charge in [0.2, 0.25) is 5.91 Å². The number of hydrogen-bond donors (Lipinski definition) is 1. The van der Waals surface area contributed by atoms with Gasteiger partial charge in [-0.25, -0.2) is 5.43 Å². The zero-order valence-corrected chi connectivity index (χ0v) is 13.2. The van der Waals surface area contributed by atoms with Crippen molar-refractivity contribution in [3.8, 4) is 0 Å². The number of hydrazone groups is 1. The molecule has 0 heterocycles. The van der Waals surface area contributed by atoms with Gasteiger partial charge in [0.25, 0.3) is 0 Å². The summed E-state index contributed by atoms with van der Waals surface area (Å²) in [5.74, 6) is 2.95. The molecule has 5 unspecified atom stereocenters. The minimum Gasteiger partial charge on any atom is -0.273 e. The van der Waals surface area contributed by atoms with Gasteiger partial charge in [-0.15, -0.1) is 0 Å². The van der Waals surface area contributed by atoms with Crippen molar-refractivity contribution in [1.29, 1.82) is 0 Å². The second kappa shape index (κ2) is 5.53. The Kier molecular flexibility index (Phi) is 3.51. The number of nitrogens with zero attached hydrogens (tertiary/aromatic N) is 1. The van der Waals surface area contributed by atoms with Crippen LogP contribution in [0.5, 0.6) is 0 Å². The number of nitrogens with one attached hydrogen (secondary N) is 1. The number of fused-ring (bicyclic) bond motifs is 2. The number of benzene rings is 1. The third-order valence-electron chi connectivity index (χ3n) is 5.97. The zero-order chi connectivity index (χ0) is 15.1. The van der Waals surface area contributed by atoms with Crippen molar-refractivity contribution in [2.75, 3.05) is 0 Å². The maximum atomic E-state index is 12.3. The van der Waals surface area contributed by atoms with E-state index in [1.807, 2.05) is 18.2 Å². The smallest absolute Gasteiger partial charge is 0.243 e. The van der Waals surface area contributed by atoms with Gasteiger partial charge in [-0.1, -0.05) is 36.8 Å². The van der Waals surface area contributed by atoms with Crippen molar-refractivity contribution in [2.45, 2.75) is 44.9 Å². The molecule has 3 nitrogen and oxygen atoms in total. The van der Waals surface area contributed by atoms with Gasteiger partial charge in [0.05, 0.1) is 0 Å². The summed E-state index contributed by atoms with van der Waals surface area (Å²) in [4.78, 5) is 12.3. The molecule has 1 N–H and O–H groups in total. The van der Waals surface area contributed by atoms with Crippen LogP contribution in [-0.2, 0) is 4.79 Å². The number of carbonyl (C=O) groups excluding carboxylic acids is 1. The molecular formula is C19H24N2O. The van der Waals surface area contributed by atoms with Crippen LogP contribution in [0.3, 0.4) is 0 Å². The fourth-order valence-electron chi connectivity index (χ4n) is 4.62. The van der Waals surface area contributed by atoms with E-state index in [0.29, 0.717) is 11.8 Å². The van der Waals surface area contributed by atoms with Crippen LogP contribution in [-0.4, -0.2) is 11.6 Å². The van der Waals surface area contributed by atoms with Crippen LogP contribution in [0.4, 0.5) is 0 Å². The lowest BCUT2D eigenvalue weighted by molar-refractivity contribution is -0.122. The van der Waals surface area contributed by atoms with Gasteiger partial charge in [-0.05, 0) is 55.9 Å². The molecule has 0 aromatic heterocycles. The van der Waals surface area contributed by atoms with Crippen LogP contribution >= 0.6 is 0 Å². The summed E-state index contributed by atoms with van der Waals surface area (Å²) in [7, 11) is 0. The number of carbonyl (C=O) groups is 1. The van der Waals surface area contributed by atoms with Gasteiger partial charge >= 0.3 is 0 Å². The fourth-order valence-corrected chi connectivity index (χ4v) is 4.62. The van der Waals surface area contributed by atoms with Gasteiger partial charge in [0.1, 0.15) is 0 Å². The average Bonchev–Trinajstić information content (AvgIpc) is 3.08. The maximum Gasteiger partial charge on any atom is 0.243 e. The molecule has 1 amide bonds. The Morgan fingerprint density at radius 3 is 2.59 bits per heavy atom. The van der Waals surface area contributed by atoms with Crippen molar-refractivity contribution in [3.63, 3.8) is 0 Å². The molecule has 1 aromatic carbocycles. The highest BCUT2D eigenvalue weighted by Gasteiger charge is 2.44. The van der Waals surface area contributed by atoms with E-state index >= 15 is 0 Å². The average molecular weight is 296 g/mol. The quantitative estimate of drug-likeness (QED) is 0.668. The minimum absolute atomic E-state index is 0.0939. The van der Waals surface area contributed by atoms with E-state index in [2.05, 4.69) is 29.6 Å². The summed E-state index contributed by atoms with van der Waals surface area (Å²) < 4.78 is 0. The molecule has 0 aliphatic heterocycles. The first kappa shape index (κ1) is 14.0. The Balaban J connectivity index is 1.33. The molecule has 0 radical (unpaired) electrons. The topological polar surface area (TPSA) is 41.5 Å². The Bertz CT molecular complexity index is 595. The van der Waals surface area contributed by atoms with Crippen molar-refractivity contribution in [1.82, 2.24) is 5.43 Å². The van der Waals surface area contributed by atoms with Crippen LogP contribution in [0.15, 0.2) is 35.4 Å². The zero-order valence-electron chi connectivity index (χ0n) is 13.2. The van der Waals surface area contributed by atoms with Crippen LogP contribution in [0.1, 0.15) is 50.5 Å². The number of rotatable bonds is 4. The number of amides is 1. The summed E-state index contributed by atoms with van der Waals surface area (Å²) in [6, 6.07) is 10.3. The van der Waals surface area contributed by atoms with E-state index in [1.165, 1.54) is 31.2 Å². The molecule has 5 atom stereocenters. The van der Waals surface area contributed by atoms with E-state index in [4.69, 9.17) is 0 Å². The molecular weight excluding hydrogens is 272 g/mol. The molecule has 3 saturated carbocycles. The largest absolute Gasteiger partial charge is 0.273 e. The first-order valence-corrected chi connectivity index (χ1v) is 8.61. The van der Waals surface area contributed by atoms with Gasteiger partial charge < -0.3 is 0 Å².